The van der Waals surface area contributed by atoms with Gasteiger partial charge in [0, 0.05) is 24.5 Å². The Bertz CT molecular complexity index is 1510. The maximum absolute atomic E-state index is 14.0. The fourth-order valence-electron chi connectivity index (χ4n) is 5.56. The van der Waals surface area contributed by atoms with E-state index in [1.165, 1.54) is 0 Å². The van der Waals surface area contributed by atoms with Crippen molar-refractivity contribution in [1.82, 2.24) is 26.3 Å². The highest BCUT2D eigenvalue weighted by Gasteiger charge is 2.31. The van der Waals surface area contributed by atoms with E-state index < -0.39 is 42.1 Å². The Labute approximate surface area is 296 Å². The van der Waals surface area contributed by atoms with Crippen LogP contribution in [0.4, 0.5) is 4.79 Å². The topological polar surface area (TPSA) is 159 Å². The minimum atomic E-state index is -1.12. The van der Waals surface area contributed by atoms with Crippen molar-refractivity contribution in [3.05, 3.63) is 78.0 Å². The fourth-order valence-corrected chi connectivity index (χ4v) is 5.56. The van der Waals surface area contributed by atoms with Crippen molar-refractivity contribution in [2.75, 3.05) is 6.54 Å². The molecule has 4 amide bonds. The molecular weight excluding hydrogens is 634 g/mol. The number of unbranched alkanes of at least 4 members (excludes halogenated alkanes) is 1. The van der Waals surface area contributed by atoms with E-state index in [9.17, 15) is 24.3 Å². The molecule has 3 rings (SSSR count). The minimum absolute atomic E-state index is 0.0238. The summed E-state index contributed by atoms with van der Waals surface area (Å²) in [4.78, 5) is 57.8. The lowest BCUT2D eigenvalue weighted by Gasteiger charge is -2.29. The molecular formula is C39H55N5O6. The monoisotopic (exact) mass is 689 g/mol. The van der Waals surface area contributed by atoms with E-state index in [1.807, 2.05) is 89.2 Å². The number of nitrogens with one attached hydrogen (secondary N) is 4. The van der Waals surface area contributed by atoms with Crippen LogP contribution < -0.4 is 21.3 Å². The first-order valence-electron chi connectivity index (χ1n) is 17.9. The molecule has 0 saturated carbocycles. The molecule has 0 fully saturated rings. The van der Waals surface area contributed by atoms with Crippen LogP contribution in [0, 0.1) is 11.8 Å². The molecule has 272 valence electrons. The maximum atomic E-state index is 14.0. The first-order valence-corrected chi connectivity index (χ1v) is 17.9. The second-order valence-corrected chi connectivity index (χ2v) is 13.5. The summed E-state index contributed by atoms with van der Waals surface area (Å²) in [5.74, 6) is -0.868. The van der Waals surface area contributed by atoms with Crippen molar-refractivity contribution in [3.8, 4) is 0 Å². The average molecular weight is 690 g/mol. The minimum Gasteiger partial charge on any atom is -0.445 e. The number of amides is 4. The molecule has 3 aromatic rings. The number of para-hydroxylation sites is 1. The van der Waals surface area contributed by atoms with Gasteiger partial charge in [0.2, 0.25) is 17.7 Å². The number of carbonyl (C=O) groups excluding carboxylic acids is 4. The van der Waals surface area contributed by atoms with Gasteiger partial charge in [0.1, 0.15) is 18.7 Å². The average Bonchev–Trinajstić information content (AvgIpc) is 3.11. The number of fused-ring (bicyclic) bond motifs is 1. The number of rotatable bonds is 20. The van der Waals surface area contributed by atoms with Crippen LogP contribution >= 0.6 is 0 Å². The number of aromatic nitrogens is 1. The molecule has 0 aliphatic heterocycles. The predicted molar refractivity (Wildman–Crippen MR) is 195 cm³/mol. The summed E-state index contributed by atoms with van der Waals surface area (Å²) in [7, 11) is 0. The van der Waals surface area contributed by atoms with Gasteiger partial charge in [0.25, 0.3) is 0 Å². The summed E-state index contributed by atoms with van der Waals surface area (Å²) in [5, 5.41) is 23.3. The Hall–Kier alpha value is -4.51. The summed E-state index contributed by atoms with van der Waals surface area (Å²) in [6.45, 7) is 10.6. The van der Waals surface area contributed by atoms with Gasteiger partial charge in [0.05, 0.1) is 24.1 Å². The Morgan fingerprint density at radius 1 is 0.860 bits per heavy atom. The predicted octanol–water partition coefficient (Wildman–Crippen LogP) is 5.19. The van der Waals surface area contributed by atoms with Crippen LogP contribution in [-0.2, 0) is 32.1 Å². The van der Waals surface area contributed by atoms with Gasteiger partial charge in [-0.15, -0.1) is 0 Å². The van der Waals surface area contributed by atoms with Crippen LogP contribution in [0.5, 0.6) is 0 Å². The largest absolute Gasteiger partial charge is 0.445 e. The van der Waals surface area contributed by atoms with Gasteiger partial charge < -0.3 is 31.1 Å². The van der Waals surface area contributed by atoms with Crippen LogP contribution in [0.2, 0.25) is 0 Å². The second kappa shape index (κ2) is 20.9. The van der Waals surface area contributed by atoms with E-state index in [0.29, 0.717) is 31.7 Å². The summed E-state index contributed by atoms with van der Waals surface area (Å²) in [5.41, 5.74) is 2.34. The lowest BCUT2D eigenvalue weighted by molar-refractivity contribution is -0.131. The van der Waals surface area contributed by atoms with Gasteiger partial charge in [-0.3, -0.25) is 19.4 Å². The van der Waals surface area contributed by atoms with E-state index in [2.05, 4.69) is 26.3 Å². The smallest absolute Gasteiger partial charge is 0.408 e. The quantitative estimate of drug-likeness (QED) is 0.109. The molecule has 11 heteroatoms. The fraction of sp³-hybridized carbons (Fsp3) is 0.513. The van der Waals surface area contributed by atoms with Crippen LogP contribution in [-0.4, -0.2) is 64.7 Å². The molecule has 11 nitrogen and oxygen atoms in total. The Morgan fingerprint density at radius 2 is 1.56 bits per heavy atom. The van der Waals surface area contributed by atoms with Crippen molar-refractivity contribution in [2.45, 2.75) is 110 Å². The zero-order chi connectivity index (χ0) is 36.5. The molecule has 2 aromatic carbocycles. The molecule has 1 aromatic heterocycles. The summed E-state index contributed by atoms with van der Waals surface area (Å²) in [6.07, 6.45) is 2.87. The molecule has 0 bridgehead atoms. The molecule has 1 heterocycles. The van der Waals surface area contributed by atoms with Crippen molar-refractivity contribution in [3.63, 3.8) is 0 Å². The lowest BCUT2D eigenvalue weighted by atomic mass is 9.96. The zero-order valence-corrected chi connectivity index (χ0v) is 30.1. The third-order valence-electron chi connectivity index (χ3n) is 8.72. The standard InChI is InChI=1S/C39H55N5O6/c1-6-8-17-32(37(47)43-33(21-26(3)4)35(45)23-36(46)41-24-27(5)7-2)42-38(48)34(44-39(49)50-25-28-14-10-9-11-15-28)22-29-19-20-40-31-18-13-12-16-30(29)31/h9-16,18-20,26-27,32-35,45H,6-8,17,21-25H2,1-5H3,(H,41,46)(H,42,48)(H,43,47)(H,44,49)/t27?,32-,33-,34-,35-/m0/s1. The number of hydrogen-bond donors (Lipinski definition) is 5. The van der Waals surface area contributed by atoms with Gasteiger partial charge in [-0.25, -0.2) is 4.79 Å². The highest BCUT2D eigenvalue weighted by Crippen LogP contribution is 2.19. The van der Waals surface area contributed by atoms with Crippen molar-refractivity contribution >= 4 is 34.7 Å². The number of alkyl carbamates (subject to hydrolysis) is 1. The molecule has 0 aliphatic carbocycles. The zero-order valence-electron chi connectivity index (χ0n) is 30.1. The van der Waals surface area contributed by atoms with Gasteiger partial charge in [-0.1, -0.05) is 102 Å². The van der Waals surface area contributed by atoms with Crippen LogP contribution in [0.15, 0.2) is 66.9 Å². The lowest BCUT2D eigenvalue weighted by Crippen LogP contribution is -2.57. The SMILES string of the molecule is CCCC[C@H](NC(=O)[C@H](Cc1ccnc2ccccc12)NC(=O)OCc1ccccc1)C(=O)N[C@@H](CC(C)C)[C@@H](O)CC(=O)NCC(C)CC. The number of benzene rings is 2. The molecule has 5 atom stereocenters. The first-order chi connectivity index (χ1) is 24.0. The Morgan fingerprint density at radius 3 is 2.26 bits per heavy atom. The van der Waals surface area contributed by atoms with E-state index in [0.717, 1.165) is 34.9 Å². The normalized spacial score (nSPS) is 14.2. The molecule has 0 aliphatic rings. The second-order valence-electron chi connectivity index (χ2n) is 13.5. The number of aliphatic hydroxyl groups is 1. The van der Waals surface area contributed by atoms with E-state index in [1.54, 1.807) is 12.3 Å². The molecule has 1 unspecified atom stereocenters. The van der Waals surface area contributed by atoms with Gasteiger partial charge in [-0.2, -0.15) is 0 Å². The molecule has 5 N–H and O–H groups in total. The third-order valence-corrected chi connectivity index (χ3v) is 8.72. The van der Waals surface area contributed by atoms with E-state index in [-0.39, 0.29) is 31.3 Å². The van der Waals surface area contributed by atoms with Gasteiger partial charge in [-0.05, 0) is 47.9 Å². The number of ether oxygens (including phenoxy) is 1. The number of carbonyl (C=O) groups is 4. The maximum Gasteiger partial charge on any atom is 0.408 e. The third kappa shape index (κ3) is 13.4. The number of aliphatic hydroxyl groups excluding tert-OH is 1. The molecule has 0 spiro atoms. The summed E-state index contributed by atoms with van der Waals surface area (Å²) < 4.78 is 5.45. The number of hydrogen-bond acceptors (Lipinski definition) is 7. The molecule has 0 radical (unpaired) electrons. The molecule has 0 saturated heterocycles. The highest BCUT2D eigenvalue weighted by atomic mass is 16.5. The van der Waals surface area contributed by atoms with Crippen molar-refractivity contribution < 1.29 is 29.0 Å². The highest BCUT2D eigenvalue weighted by molar-refractivity contribution is 5.92. The van der Waals surface area contributed by atoms with Crippen LogP contribution in [0.1, 0.15) is 84.3 Å². The van der Waals surface area contributed by atoms with E-state index >= 15 is 0 Å². The van der Waals surface area contributed by atoms with Gasteiger partial charge in [0.15, 0.2) is 0 Å². The number of pyridine rings is 1. The van der Waals surface area contributed by atoms with E-state index in [4.69, 9.17) is 4.74 Å². The van der Waals surface area contributed by atoms with Gasteiger partial charge >= 0.3 is 6.09 Å². The van der Waals surface area contributed by atoms with Crippen molar-refractivity contribution in [2.24, 2.45) is 11.8 Å². The Kier molecular flexibility index (Phi) is 16.7. The Balaban J connectivity index is 1.79. The van der Waals surface area contributed by atoms with Crippen molar-refractivity contribution in [1.29, 1.82) is 0 Å². The first kappa shape index (κ1) is 39.9. The summed E-state index contributed by atoms with van der Waals surface area (Å²) >= 11 is 0. The van der Waals surface area contributed by atoms with Crippen LogP contribution in [0.3, 0.4) is 0 Å². The molecule has 50 heavy (non-hydrogen) atoms. The number of nitrogens with zero attached hydrogens (tertiary/aromatic N) is 1. The van der Waals surface area contributed by atoms with Crippen LogP contribution in [0.25, 0.3) is 10.9 Å². The summed E-state index contributed by atoms with van der Waals surface area (Å²) in [6, 6.07) is 15.8.